The first-order chi connectivity index (χ1) is 7.68. The fourth-order valence-corrected chi connectivity index (χ4v) is 1.81. The van der Waals surface area contributed by atoms with E-state index in [0.717, 1.165) is 11.5 Å². The van der Waals surface area contributed by atoms with Crippen LogP contribution in [-0.2, 0) is 0 Å². The highest BCUT2D eigenvalue weighted by atomic mass is 32.1. The first-order valence-electron chi connectivity index (χ1n) is 5.27. The Morgan fingerprint density at radius 2 is 1.62 bits per heavy atom. The van der Waals surface area contributed by atoms with Gasteiger partial charge in [-0.2, -0.15) is 4.37 Å². The van der Waals surface area contributed by atoms with Crippen LogP contribution in [0.25, 0.3) is 10.2 Å². The molecule has 0 aliphatic heterocycles. The molecule has 0 aliphatic carbocycles. The molecule has 0 radical (unpaired) electrons. The van der Waals surface area contributed by atoms with Gasteiger partial charge in [-0.1, -0.05) is 27.7 Å². The number of H-pyrrole nitrogens is 2. The molecule has 0 unspecified atom stereocenters. The van der Waals surface area contributed by atoms with Crippen LogP contribution in [0.4, 0.5) is 0 Å². The van der Waals surface area contributed by atoms with Gasteiger partial charge < -0.3 is 0 Å². The SMILES string of the molecule is CC.CC.Cc1nsc2[nH]c(=O)[nH]c(=O)c12. The van der Waals surface area contributed by atoms with Gasteiger partial charge in [0.1, 0.15) is 4.83 Å². The summed E-state index contributed by atoms with van der Waals surface area (Å²) in [7, 11) is 0. The van der Waals surface area contributed by atoms with E-state index >= 15 is 0 Å². The van der Waals surface area contributed by atoms with E-state index in [-0.39, 0.29) is 5.56 Å². The zero-order valence-electron chi connectivity index (χ0n) is 10.2. The van der Waals surface area contributed by atoms with Gasteiger partial charge in [0.05, 0.1) is 11.1 Å². The van der Waals surface area contributed by atoms with E-state index in [1.54, 1.807) is 6.92 Å². The second kappa shape index (κ2) is 6.95. The lowest BCUT2D eigenvalue weighted by Gasteiger charge is -1.85. The predicted octanol–water partition coefficient (Wildman–Crippen LogP) is 2.03. The summed E-state index contributed by atoms with van der Waals surface area (Å²) in [6, 6.07) is 0. The van der Waals surface area contributed by atoms with Gasteiger partial charge >= 0.3 is 5.69 Å². The third-order valence-electron chi connectivity index (χ3n) is 1.54. The normalized spacial score (nSPS) is 8.81. The van der Waals surface area contributed by atoms with Crippen molar-refractivity contribution in [2.24, 2.45) is 0 Å². The monoisotopic (exact) mass is 243 g/mol. The van der Waals surface area contributed by atoms with E-state index in [0.29, 0.717) is 15.9 Å². The second-order valence-corrected chi connectivity index (χ2v) is 3.15. The molecular formula is C10H17N3O2S. The van der Waals surface area contributed by atoms with Gasteiger partial charge in [-0.05, 0) is 18.5 Å². The van der Waals surface area contributed by atoms with Crippen molar-refractivity contribution in [3.63, 3.8) is 0 Å². The Labute approximate surface area is 97.7 Å². The molecular weight excluding hydrogens is 226 g/mol. The number of hydrogen-bond acceptors (Lipinski definition) is 4. The molecule has 0 fully saturated rings. The number of aromatic nitrogens is 3. The minimum absolute atomic E-state index is 0.375. The maximum atomic E-state index is 11.2. The average molecular weight is 243 g/mol. The van der Waals surface area contributed by atoms with Crippen LogP contribution in [0.15, 0.2) is 9.59 Å². The number of nitrogens with zero attached hydrogens (tertiary/aromatic N) is 1. The number of fused-ring (bicyclic) bond motifs is 1. The highest BCUT2D eigenvalue weighted by Crippen LogP contribution is 2.13. The Hall–Kier alpha value is -1.43. The predicted molar refractivity (Wildman–Crippen MR) is 68.3 cm³/mol. The first kappa shape index (κ1) is 14.6. The molecule has 0 amide bonds. The van der Waals surface area contributed by atoms with Gasteiger partial charge in [-0.3, -0.25) is 14.8 Å². The molecule has 90 valence electrons. The van der Waals surface area contributed by atoms with Crippen LogP contribution in [-0.4, -0.2) is 14.3 Å². The summed E-state index contributed by atoms with van der Waals surface area (Å²) in [6.07, 6.45) is 0. The van der Waals surface area contributed by atoms with Crippen molar-refractivity contribution >= 4 is 21.7 Å². The number of nitrogens with one attached hydrogen (secondary N) is 2. The third-order valence-corrected chi connectivity index (χ3v) is 2.40. The largest absolute Gasteiger partial charge is 0.326 e. The molecule has 2 aromatic heterocycles. The Bertz CT molecular complexity index is 539. The smallest absolute Gasteiger partial charge is 0.297 e. The molecule has 0 spiro atoms. The van der Waals surface area contributed by atoms with Gasteiger partial charge in [0, 0.05) is 0 Å². The van der Waals surface area contributed by atoms with Crippen LogP contribution in [0.1, 0.15) is 33.4 Å². The number of hydrogen-bond donors (Lipinski definition) is 2. The summed E-state index contributed by atoms with van der Waals surface area (Å²) >= 11 is 1.12. The van der Waals surface area contributed by atoms with Crippen molar-refractivity contribution in [2.45, 2.75) is 34.6 Å². The Balaban J connectivity index is 0.000000509. The van der Waals surface area contributed by atoms with E-state index in [2.05, 4.69) is 14.3 Å². The van der Waals surface area contributed by atoms with Crippen LogP contribution >= 0.6 is 11.5 Å². The summed E-state index contributed by atoms with van der Waals surface area (Å²) in [4.78, 5) is 27.1. The zero-order valence-corrected chi connectivity index (χ0v) is 11.0. The van der Waals surface area contributed by atoms with E-state index in [1.165, 1.54) is 0 Å². The third kappa shape index (κ3) is 3.03. The average Bonchev–Trinajstić information content (AvgIpc) is 2.66. The summed E-state index contributed by atoms with van der Waals surface area (Å²) in [5.74, 6) is 0. The van der Waals surface area contributed by atoms with E-state index in [1.807, 2.05) is 27.7 Å². The van der Waals surface area contributed by atoms with Crippen LogP contribution in [0.2, 0.25) is 0 Å². The summed E-state index contributed by atoms with van der Waals surface area (Å²) in [5.41, 5.74) is -0.219. The Morgan fingerprint density at radius 3 is 2.19 bits per heavy atom. The summed E-state index contributed by atoms with van der Waals surface area (Å²) in [6.45, 7) is 9.73. The molecule has 5 nitrogen and oxygen atoms in total. The highest BCUT2D eigenvalue weighted by Gasteiger charge is 2.06. The number of rotatable bonds is 0. The van der Waals surface area contributed by atoms with Crippen molar-refractivity contribution in [1.82, 2.24) is 14.3 Å². The Kier molecular flexibility index (Phi) is 6.32. The van der Waals surface area contributed by atoms with Gasteiger partial charge in [0.15, 0.2) is 0 Å². The maximum absolute atomic E-state index is 11.2. The van der Waals surface area contributed by atoms with Crippen LogP contribution in [0.5, 0.6) is 0 Å². The topological polar surface area (TPSA) is 78.6 Å². The van der Waals surface area contributed by atoms with Crippen LogP contribution in [0.3, 0.4) is 0 Å². The molecule has 6 heteroatoms. The molecule has 16 heavy (non-hydrogen) atoms. The molecule has 2 N–H and O–H groups in total. The van der Waals surface area contributed by atoms with Gasteiger partial charge in [0.2, 0.25) is 0 Å². The fourth-order valence-electron chi connectivity index (χ4n) is 1.02. The van der Waals surface area contributed by atoms with Gasteiger partial charge in [0.25, 0.3) is 5.56 Å². The van der Waals surface area contributed by atoms with Crippen molar-refractivity contribution < 1.29 is 0 Å². The summed E-state index contributed by atoms with van der Waals surface area (Å²) < 4.78 is 3.95. The molecule has 2 aromatic rings. The molecule has 0 aromatic carbocycles. The lowest BCUT2D eigenvalue weighted by molar-refractivity contribution is 1.09. The minimum Gasteiger partial charge on any atom is -0.297 e. The number of aromatic amines is 2. The van der Waals surface area contributed by atoms with Crippen LogP contribution in [0, 0.1) is 6.92 Å². The molecule has 0 bridgehead atoms. The lowest BCUT2D eigenvalue weighted by Crippen LogP contribution is -2.21. The molecule has 0 saturated carbocycles. The van der Waals surface area contributed by atoms with Crippen molar-refractivity contribution in [3.8, 4) is 0 Å². The summed E-state index contributed by atoms with van der Waals surface area (Å²) in [5, 5.41) is 0.472. The van der Waals surface area contributed by atoms with E-state index in [9.17, 15) is 9.59 Å². The standard InChI is InChI=1S/C6H5N3O2S.2C2H6/c1-2-3-4(10)7-6(11)8-5(3)12-9-2;2*1-2/h1H3,(H2,7,8,10,11);2*1-2H3. The molecule has 0 atom stereocenters. The quantitative estimate of drug-likeness (QED) is 0.743. The molecule has 2 rings (SSSR count). The maximum Gasteiger partial charge on any atom is 0.326 e. The van der Waals surface area contributed by atoms with E-state index in [4.69, 9.17) is 0 Å². The first-order valence-corrected chi connectivity index (χ1v) is 6.04. The van der Waals surface area contributed by atoms with Crippen LogP contribution < -0.4 is 11.2 Å². The molecule has 0 aliphatic rings. The lowest BCUT2D eigenvalue weighted by atomic mass is 10.3. The van der Waals surface area contributed by atoms with Gasteiger partial charge in [-0.15, -0.1) is 0 Å². The minimum atomic E-state index is -0.490. The highest BCUT2D eigenvalue weighted by molar-refractivity contribution is 7.12. The number of aryl methyl sites for hydroxylation is 1. The fraction of sp³-hybridized carbons (Fsp3) is 0.500. The van der Waals surface area contributed by atoms with Crippen molar-refractivity contribution in [2.75, 3.05) is 0 Å². The molecule has 0 saturated heterocycles. The Morgan fingerprint density at radius 1 is 1.06 bits per heavy atom. The van der Waals surface area contributed by atoms with E-state index < -0.39 is 5.69 Å². The zero-order chi connectivity index (χ0) is 12.7. The van der Waals surface area contributed by atoms with Crippen molar-refractivity contribution in [1.29, 1.82) is 0 Å². The second-order valence-electron chi connectivity index (χ2n) is 2.38. The van der Waals surface area contributed by atoms with Gasteiger partial charge in [-0.25, -0.2) is 4.79 Å². The van der Waals surface area contributed by atoms with Crippen molar-refractivity contribution in [3.05, 3.63) is 26.5 Å². The molecule has 2 heterocycles.